The quantitative estimate of drug-likeness (QED) is 0.616. The van der Waals surface area contributed by atoms with Gasteiger partial charge in [0.1, 0.15) is 5.82 Å². The first-order valence-electron chi connectivity index (χ1n) is 4.73. The van der Waals surface area contributed by atoms with Crippen LogP contribution in [0.2, 0.25) is 0 Å². The number of aryl methyl sites for hydroxylation is 1. The molecule has 13 heavy (non-hydrogen) atoms. The van der Waals surface area contributed by atoms with E-state index in [1.165, 1.54) is 6.07 Å². The Morgan fingerprint density at radius 1 is 1.23 bits per heavy atom. The molecule has 0 aromatic heterocycles. The van der Waals surface area contributed by atoms with E-state index in [4.69, 9.17) is 0 Å². The predicted molar refractivity (Wildman–Crippen MR) is 54.2 cm³/mol. The highest BCUT2D eigenvalue weighted by molar-refractivity contribution is 5.17. The van der Waals surface area contributed by atoms with Crippen LogP contribution in [0.4, 0.5) is 4.39 Å². The Morgan fingerprint density at radius 2 is 2.00 bits per heavy atom. The summed E-state index contributed by atoms with van der Waals surface area (Å²) in [7, 11) is 0. The molecular weight excluding hydrogens is 163 g/mol. The molecule has 0 N–H and O–H groups in total. The highest BCUT2D eigenvalue weighted by Gasteiger charge is 1.97. The summed E-state index contributed by atoms with van der Waals surface area (Å²) in [5.41, 5.74) is 0.809. The zero-order valence-electron chi connectivity index (χ0n) is 7.96. The van der Waals surface area contributed by atoms with E-state index in [0.717, 1.165) is 24.8 Å². The first kappa shape index (κ1) is 9.97. The molecule has 1 aromatic carbocycles. The minimum Gasteiger partial charge on any atom is -0.207 e. The molecule has 0 aliphatic heterocycles. The third-order valence-electron chi connectivity index (χ3n) is 1.94. The smallest absolute Gasteiger partial charge is 0.126 e. The first-order chi connectivity index (χ1) is 6.34. The summed E-state index contributed by atoms with van der Waals surface area (Å²) in [6.07, 6.45) is 6.99. The van der Waals surface area contributed by atoms with E-state index < -0.39 is 0 Å². The van der Waals surface area contributed by atoms with Crippen molar-refractivity contribution in [3.05, 3.63) is 47.8 Å². The summed E-state index contributed by atoms with van der Waals surface area (Å²) in [5, 5.41) is 0. The van der Waals surface area contributed by atoms with Crippen LogP contribution in [-0.4, -0.2) is 0 Å². The van der Waals surface area contributed by atoms with Gasteiger partial charge in [0, 0.05) is 0 Å². The van der Waals surface area contributed by atoms with Gasteiger partial charge in [0.2, 0.25) is 0 Å². The van der Waals surface area contributed by atoms with Gasteiger partial charge in [-0.25, -0.2) is 4.39 Å². The summed E-state index contributed by atoms with van der Waals surface area (Å²) in [6.45, 7) is 2.10. The van der Waals surface area contributed by atoms with Crippen LogP contribution in [0.1, 0.15) is 25.3 Å². The third-order valence-corrected chi connectivity index (χ3v) is 1.94. The molecule has 0 heterocycles. The fraction of sp³-hybridized carbons (Fsp3) is 0.333. The van der Waals surface area contributed by atoms with E-state index in [1.807, 2.05) is 12.1 Å². The second-order valence-corrected chi connectivity index (χ2v) is 3.01. The normalized spacial score (nSPS) is 10.9. The Hall–Kier alpha value is -1.11. The van der Waals surface area contributed by atoms with Crippen molar-refractivity contribution in [1.82, 2.24) is 0 Å². The Labute approximate surface area is 79.1 Å². The second-order valence-electron chi connectivity index (χ2n) is 3.01. The van der Waals surface area contributed by atoms with Crippen molar-refractivity contribution < 1.29 is 4.39 Å². The number of rotatable bonds is 4. The average Bonchev–Trinajstić information content (AvgIpc) is 2.15. The van der Waals surface area contributed by atoms with Crippen LogP contribution in [-0.2, 0) is 6.42 Å². The molecule has 0 amide bonds. The van der Waals surface area contributed by atoms with Crippen LogP contribution in [0, 0.1) is 5.82 Å². The van der Waals surface area contributed by atoms with Gasteiger partial charge in [-0.3, -0.25) is 0 Å². The van der Waals surface area contributed by atoms with Crippen molar-refractivity contribution >= 4 is 0 Å². The fourth-order valence-electron chi connectivity index (χ4n) is 1.22. The van der Waals surface area contributed by atoms with Gasteiger partial charge in [0.15, 0.2) is 0 Å². The Morgan fingerprint density at radius 3 is 2.69 bits per heavy atom. The van der Waals surface area contributed by atoms with Crippen molar-refractivity contribution in [1.29, 1.82) is 0 Å². The molecule has 0 bridgehead atoms. The Kier molecular flexibility index (Phi) is 4.24. The molecule has 0 aliphatic rings. The lowest BCUT2D eigenvalue weighted by Gasteiger charge is -1.98. The molecule has 0 unspecified atom stereocenters. The highest BCUT2D eigenvalue weighted by atomic mass is 19.1. The number of allylic oxidation sites excluding steroid dienone is 2. The van der Waals surface area contributed by atoms with Crippen LogP contribution in [0.3, 0.4) is 0 Å². The number of hydrogen-bond acceptors (Lipinski definition) is 0. The van der Waals surface area contributed by atoms with Crippen molar-refractivity contribution in [2.75, 3.05) is 0 Å². The maximum absolute atomic E-state index is 13.1. The van der Waals surface area contributed by atoms with Crippen molar-refractivity contribution in [3.63, 3.8) is 0 Å². The SMILES string of the molecule is CCC=CCCc1ccccc1F. The molecule has 0 aliphatic carbocycles. The van der Waals surface area contributed by atoms with Crippen LogP contribution in [0.25, 0.3) is 0 Å². The highest BCUT2D eigenvalue weighted by Crippen LogP contribution is 2.08. The predicted octanol–water partition coefficient (Wildman–Crippen LogP) is 3.72. The van der Waals surface area contributed by atoms with Crippen molar-refractivity contribution in [2.24, 2.45) is 0 Å². The topological polar surface area (TPSA) is 0 Å². The molecule has 0 saturated carbocycles. The maximum atomic E-state index is 13.1. The van der Waals surface area contributed by atoms with E-state index >= 15 is 0 Å². The minimum atomic E-state index is -0.0904. The molecule has 0 radical (unpaired) electrons. The van der Waals surface area contributed by atoms with Crippen molar-refractivity contribution in [3.8, 4) is 0 Å². The third kappa shape index (κ3) is 3.41. The molecule has 70 valence electrons. The van der Waals surface area contributed by atoms with E-state index in [1.54, 1.807) is 6.07 Å². The number of halogens is 1. The molecular formula is C12H15F. The Bertz CT molecular complexity index is 276. The summed E-state index contributed by atoms with van der Waals surface area (Å²) in [4.78, 5) is 0. The molecule has 0 fully saturated rings. The first-order valence-corrected chi connectivity index (χ1v) is 4.73. The van der Waals surface area contributed by atoms with E-state index in [2.05, 4.69) is 19.1 Å². The molecule has 0 nitrogen and oxygen atoms in total. The van der Waals surface area contributed by atoms with Gasteiger partial charge in [-0.2, -0.15) is 0 Å². The van der Waals surface area contributed by atoms with Gasteiger partial charge < -0.3 is 0 Å². The number of benzene rings is 1. The fourth-order valence-corrected chi connectivity index (χ4v) is 1.22. The van der Waals surface area contributed by atoms with E-state index in [9.17, 15) is 4.39 Å². The zero-order chi connectivity index (χ0) is 9.52. The van der Waals surface area contributed by atoms with E-state index in [0.29, 0.717) is 0 Å². The van der Waals surface area contributed by atoms with Gasteiger partial charge in [-0.1, -0.05) is 37.3 Å². The molecule has 1 rings (SSSR count). The maximum Gasteiger partial charge on any atom is 0.126 e. The van der Waals surface area contributed by atoms with Gasteiger partial charge in [0.05, 0.1) is 0 Å². The molecule has 0 spiro atoms. The lowest BCUT2D eigenvalue weighted by molar-refractivity contribution is 0.609. The zero-order valence-corrected chi connectivity index (χ0v) is 7.96. The van der Waals surface area contributed by atoms with Gasteiger partial charge >= 0.3 is 0 Å². The van der Waals surface area contributed by atoms with Crippen LogP contribution < -0.4 is 0 Å². The van der Waals surface area contributed by atoms with Crippen LogP contribution in [0.15, 0.2) is 36.4 Å². The van der Waals surface area contributed by atoms with Crippen molar-refractivity contribution in [2.45, 2.75) is 26.2 Å². The summed E-state index contributed by atoms with van der Waals surface area (Å²) in [6, 6.07) is 6.96. The largest absolute Gasteiger partial charge is 0.207 e. The average molecular weight is 178 g/mol. The van der Waals surface area contributed by atoms with E-state index in [-0.39, 0.29) is 5.82 Å². The summed E-state index contributed by atoms with van der Waals surface area (Å²) in [5.74, 6) is -0.0904. The van der Waals surface area contributed by atoms with Crippen LogP contribution in [0.5, 0.6) is 0 Å². The van der Waals surface area contributed by atoms with Crippen LogP contribution >= 0.6 is 0 Å². The summed E-state index contributed by atoms with van der Waals surface area (Å²) < 4.78 is 13.1. The lowest BCUT2D eigenvalue weighted by Crippen LogP contribution is -1.87. The summed E-state index contributed by atoms with van der Waals surface area (Å²) >= 11 is 0. The minimum absolute atomic E-state index is 0.0904. The Balaban J connectivity index is 2.45. The number of hydrogen-bond donors (Lipinski definition) is 0. The molecule has 0 saturated heterocycles. The lowest BCUT2D eigenvalue weighted by atomic mass is 10.1. The molecule has 1 aromatic rings. The van der Waals surface area contributed by atoms with Gasteiger partial charge in [0.25, 0.3) is 0 Å². The molecule has 1 heteroatoms. The van der Waals surface area contributed by atoms with Gasteiger partial charge in [-0.05, 0) is 30.9 Å². The molecule has 0 atom stereocenters. The second kappa shape index (κ2) is 5.52. The monoisotopic (exact) mass is 178 g/mol. The standard InChI is InChI=1S/C12H15F/c1-2-3-4-5-8-11-9-6-7-10-12(11)13/h3-4,6-7,9-10H,2,5,8H2,1H3. The van der Waals surface area contributed by atoms with Gasteiger partial charge in [-0.15, -0.1) is 0 Å².